The van der Waals surface area contributed by atoms with Gasteiger partial charge in [-0.1, -0.05) is 13.3 Å². The first-order valence-electron chi connectivity index (χ1n) is 9.12. The van der Waals surface area contributed by atoms with Crippen molar-refractivity contribution in [3.63, 3.8) is 0 Å². The number of amides is 3. The number of ether oxygens (including phenoxy) is 1. The monoisotopic (exact) mass is 439 g/mol. The topological polar surface area (TPSA) is 109 Å². The van der Waals surface area contributed by atoms with Crippen molar-refractivity contribution in [1.82, 2.24) is 15.2 Å². The average Bonchev–Trinajstić information content (AvgIpc) is 3.18. The van der Waals surface area contributed by atoms with E-state index in [1.165, 1.54) is 17.2 Å². The Morgan fingerprint density at radius 1 is 1.24 bits per heavy atom. The van der Waals surface area contributed by atoms with Crippen LogP contribution in [-0.4, -0.2) is 67.6 Å². The number of rotatable bonds is 11. The Balaban J connectivity index is 1.71. The van der Waals surface area contributed by atoms with Crippen molar-refractivity contribution in [2.24, 2.45) is 0 Å². The molecule has 3 amide bonds. The third-order valence-corrected chi connectivity index (χ3v) is 6.29. The summed E-state index contributed by atoms with van der Waals surface area (Å²) in [5.41, 5.74) is 0.482. The molecule has 2 rings (SSSR count). The molecule has 0 spiro atoms. The summed E-state index contributed by atoms with van der Waals surface area (Å²) in [7, 11) is -3.36. The molecule has 29 heavy (non-hydrogen) atoms. The fourth-order valence-electron chi connectivity index (χ4n) is 2.94. The van der Waals surface area contributed by atoms with Crippen LogP contribution in [-0.2, 0) is 14.6 Å². The molecule has 1 aromatic heterocycles. The molecule has 0 saturated carbocycles. The van der Waals surface area contributed by atoms with E-state index in [9.17, 15) is 31.2 Å². The second-order valence-corrected chi connectivity index (χ2v) is 9.27. The van der Waals surface area contributed by atoms with Crippen molar-refractivity contribution in [3.05, 3.63) is 18.0 Å². The van der Waals surface area contributed by atoms with Crippen LogP contribution in [0.5, 0.6) is 5.75 Å². The highest BCUT2D eigenvalue weighted by Gasteiger charge is 2.29. The number of hydrogen-bond donors (Lipinski definition) is 2. The van der Waals surface area contributed by atoms with Gasteiger partial charge in [-0.3, -0.25) is 10.1 Å². The number of halogens is 3. The van der Waals surface area contributed by atoms with E-state index in [4.69, 9.17) is 0 Å². The Kier molecular flexibility index (Phi) is 7.55. The Morgan fingerprint density at radius 3 is 2.59 bits per heavy atom. The van der Waals surface area contributed by atoms with Crippen LogP contribution < -0.4 is 10.1 Å². The number of hydrogen-bond acceptors (Lipinski definition) is 5. The number of imide groups is 1. The quantitative estimate of drug-likeness (QED) is 0.406. The van der Waals surface area contributed by atoms with Crippen molar-refractivity contribution < 1.29 is 35.9 Å². The maximum absolute atomic E-state index is 12.3. The lowest BCUT2D eigenvalue weighted by Crippen LogP contribution is -2.29. The number of aromatic amines is 1. The van der Waals surface area contributed by atoms with Gasteiger partial charge in [-0.15, -0.1) is 0 Å². The number of aromatic nitrogens is 1. The molecule has 2 N–H and O–H groups in total. The fraction of sp³-hybridized carbons (Fsp3) is 0.647. The van der Waals surface area contributed by atoms with Gasteiger partial charge in [0, 0.05) is 30.4 Å². The molecule has 2 heterocycles. The van der Waals surface area contributed by atoms with Crippen LogP contribution in [0, 0.1) is 0 Å². The molecule has 0 aromatic carbocycles. The van der Waals surface area contributed by atoms with Gasteiger partial charge in [0.05, 0.1) is 11.5 Å². The van der Waals surface area contributed by atoms with E-state index in [0.29, 0.717) is 31.5 Å². The molecule has 164 valence electrons. The van der Waals surface area contributed by atoms with Crippen molar-refractivity contribution in [1.29, 1.82) is 0 Å². The summed E-state index contributed by atoms with van der Waals surface area (Å²) in [5.74, 6) is -0.938. The van der Waals surface area contributed by atoms with Gasteiger partial charge in [0.2, 0.25) is 5.91 Å². The zero-order chi connectivity index (χ0) is 21.7. The molecule has 12 heteroatoms. The molecule has 1 atom stereocenters. The molecular weight excluding hydrogens is 415 g/mol. The summed E-state index contributed by atoms with van der Waals surface area (Å²) < 4.78 is 65.7. The summed E-state index contributed by atoms with van der Waals surface area (Å²) in [6, 6.07) is 0.940. The second kappa shape index (κ2) is 9.51. The van der Waals surface area contributed by atoms with E-state index in [0.717, 1.165) is 0 Å². The van der Waals surface area contributed by atoms with Crippen LogP contribution in [0.1, 0.15) is 37.8 Å². The maximum atomic E-state index is 12.3. The summed E-state index contributed by atoms with van der Waals surface area (Å²) >= 11 is 0. The number of urea groups is 1. The summed E-state index contributed by atoms with van der Waals surface area (Å²) in [6.07, 6.45) is -1.58. The van der Waals surface area contributed by atoms with Crippen molar-refractivity contribution in [2.75, 3.05) is 31.2 Å². The Morgan fingerprint density at radius 2 is 1.97 bits per heavy atom. The second-order valence-electron chi connectivity index (χ2n) is 7.05. The normalized spacial score (nSPS) is 16.2. The lowest BCUT2D eigenvalue weighted by Gasteiger charge is -2.13. The van der Waals surface area contributed by atoms with Crippen LogP contribution in [0.15, 0.2) is 12.3 Å². The molecule has 0 aliphatic carbocycles. The van der Waals surface area contributed by atoms with Gasteiger partial charge in [0.25, 0.3) is 0 Å². The third kappa shape index (κ3) is 7.95. The van der Waals surface area contributed by atoms with E-state index in [-0.39, 0.29) is 29.7 Å². The van der Waals surface area contributed by atoms with Gasteiger partial charge >= 0.3 is 12.2 Å². The Hall–Kier alpha value is -2.24. The zero-order valence-corrected chi connectivity index (χ0v) is 16.7. The van der Waals surface area contributed by atoms with E-state index < -0.39 is 34.6 Å². The van der Waals surface area contributed by atoms with E-state index in [1.54, 1.807) is 6.92 Å². The van der Waals surface area contributed by atoms with Crippen LogP contribution in [0.25, 0.3) is 0 Å². The largest absolute Gasteiger partial charge is 0.483 e. The molecule has 8 nitrogen and oxygen atoms in total. The molecule has 1 unspecified atom stereocenters. The predicted molar refractivity (Wildman–Crippen MR) is 98.4 cm³/mol. The molecule has 1 aliphatic heterocycles. The summed E-state index contributed by atoms with van der Waals surface area (Å²) in [6.45, 7) is 0.667. The molecule has 0 radical (unpaired) electrons. The summed E-state index contributed by atoms with van der Waals surface area (Å²) in [5, 5.41) is 2.17. The zero-order valence-electron chi connectivity index (χ0n) is 15.9. The number of unbranched alkanes of at least 4 members (excludes halogenated alkanes) is 2. The minimum atomic E-state index is -4.44. The SMILES string of the molecule is CC(CS(=O)(=O)CCCCCN1CC(=O)NC1=O)c1cc(OCC(F)(F)F)c[nH]1. The lowest BCUT2D eigenvalue weighted by molar-refractivity contribution is -0.153. The van der Waals surface area contributed by atoms with Crippen LogP contribution >= 0.6 is 0 Å². The first-order valence-corrected chi connectivity index (χ1v) is 10.9. The molecule has 1 aromatic rings. The molecule has 1 aliphatic rings. The third-order valence-electron chi connectivity index (χ3n) is 4.37. The van der Waals surface area contributed by atoms with Crippen molar-refractivity contribution >= 4 is 21.8 Å². The number of carbonyl (C=O) groups excluding carboxylic acids is 2. The average molecular weight is 439 g/mol. The lowest BCUT2D eigenvalue weighted by atomic mass is 10.1. The van der Waals surface area contributed by atoms with Crippen molar-refractivity contribution in [3.8, 4) is 5.75 Å². The highest BCUT2D eigenvalue weighted by Crippen LogP contribution is 2.24. The Labute approximate surface area is 166 Å². The standard InChI is InChI=1S/C17H24F3N3O5S/c1-12(14-7-13(8-21-14)28-11-17(18,19)20)10-29(26,27)6-4-2-3-5-23-9-15(24)22-16(23)25/h7-8,12,21H,2-6,9-11H2,1H3,(H,22,24,25). The number of H-pyrrole nitrogens is 1. The first kappa shape index (κ1) is 23.0. The van der Waals surface area contributed by atoms with Gasteiger partial charge in [0.15, 0.2) is 16.4 Å². The molecule has 1 fully saturated rings. The highest BCUT2D eigenvalue weighted by atomic mass is 32.2. The predicted octanol–water partition coefficient (Wildman–Crippen LogP) is 2.20. The van der Waals surface area contributed by atoms with E-state index in [1.807, 2.05) is 0 Å². The molecule has 1 saturated heterocycles. The van der Waals surface area contributed by atoms with Gasteiger partial charge < -0.3 is 14.6 Å². The number of alkyl halides is 3. The van der Waals surface area contributed by atoms with Crippen LogP contribution in [0.4, 0.5) is 18.0 Å². The minimum absolute atomic E-state index is 0.00556. The molecule has 0 bridgehead atoms. The highest BCUT2D eigenvalue weighted by molar-refractivity contribution is 7.91. The number of nitrogens with one attached hydrogen (secondary N) is 2. The number of nitrogens with zero attached hydrogens (tertiary/aromatic N) is 1. The number of carbonyl (C=O) groups is 2. The van der Waals surface area contributed by atoms with Gasteiger partial charge in [0.1, 0.15) is 12.3 Å². The van der Waals surface area contributed by atoms with E-state index >= 15 is 0 Å². The minimum Gasteiger partial charge on any atom is -0.483 e. The van der Waals surface area contributed by atoms with Crippen molar-refractivity contribution in [2.45, 2.75) is 38.3 Å². The van der Waals surface area contributed by atoms with Gasteiger partial charge in [-0.05, 0) is 12.8 Å². The van der Waals surface area contributed by atoms with Crippen LogP contribution in [0.3, 0.4) is 0 Å². The van der Waals surface area contributed by atoms with Crippen LogP contribution in [0.2, 0.25) is 0 Å². The first-order chi connectivity index (χ1) is 13.5. The smallest absolute Gasteiger partial charge is 0.422 e. The van der Waals surface area contributed by atoms with E-state index in [2.05, 4.69) is 15.0 Å². The molecular formula is C17H24F3N3O5S. The maximum Gasteiger partial charge on any atom is 0.422 e. The van der Waals surface area contributed by atoms with Gasteiger partial charge in [-0.2, -0.15) is 13.2 Å². The Bertz CT molecular complexity index is 823. The number of sulfone groups is 1. The summed E-state index contributed by atoms with van der Waals surface area (Å²) in [4.78, 5) is 26.6. The fourth-order valence-corrected chi connectivity index (χ4v) is 4.70. The van der Waals surface area contributed by atoms with Gasteiger partial charge in [-0.25, -0.2) is 13.2 Å².